The second-order valence-electron chi connectivity index (χ2n) is 12.2. The van der Waals surface area contributed by atoms with Crippen molar-refractivity contribution in [3.8, 4) is 22.8 Å². The van der Waals surface area contributed by atoms with Crippen LogP contribution in [0.1, 0.15) is 62.8 Å². The minimum absolute atomic E-state index is 0.210. The van der Waals surface area contributed by atoms with E-state index in [0.29, 0.717) is 5.92 Å². The summed E-state index contributed by atoms with van der Waals surface area (Å²) >= 11 is 0. The summed E-state index contributed by atoms with van der Waals surface area (Å²) in [5.74, 6) is 2.35. The molecule has 2 heteroatoms. The molecule has 0 N–H and O–H groups in total. The van der Waals surface area contributed by atoms with Gasteiger partial charge in [0, 0.05) is 17.0 Å². The second kappa shape index (κ2) is 7.80. The highest BCUT2D eigenvalue weighted by molar-refractivity contribution is 6.16. The summed E-state index contributed by atoms with van der Waals surface area (Å²) in [6.07, 6.45) is 3.25. The third kappa shape index (κ3) is 3.34. The molecule has 0 unspecified atom stereocenters. The van der Waals surface area contributed by atoms with Gasteiger partial charge in [-0.1, -0.05) is 76.6 Å². The van der Waals surface area contributed by atoms with Crippen LogP contribution < -0.4 is 9.30 Å². The van der Waals surface area contributed by atoms with Gasteiger partial charge >= 0.3 is 0 Å². The summed E-state index contributed by atoms with van der Waals surface area (Å²) in [6, 6.07) is 18.2. The highest BCUT2D eigenvalue weighted by Gasteiger charge is 2.34. The summed E-state index contributed by atoms with van der Waals surface area (Å²) in [6.45, 7) is 15.9. The Balaban J connectivity index is 1.79. The number of pyridine rings is 1. The van der Waals surface area contributed by atoms with Crippen LogP contribution in [-0.4, -0.2) is 0 Å². The fourth-order valence-corrected chi connectivity index (χ4v) is 6.29. The van der Waals surface area contributed by atoms with Gasteiger partial charge in [0.2, 0.25) is 5.69 Å². The Morgan fingerprint density at radius 1 is 0.861 bits per heavy atom. The fourth-order valence-electron chi connectivity index (χ4n) is 6.29. The van der Waals surface area contributed by atoms with Crippen molar-refractivity contribution in [2.75, 3.05) is 0 Å². The van der Waals surface area contributed by atoms with Crippen LogP contribution in [-0.2, 0) is 13.5 Å². The van der Waals surface area contributed by atoms with Gasteiger partial charge in [0.15, 0.2) is 6.20 Å². The van der Waals surface area contributed by atoms with Crippen LogP contribution in [0.2, 0.25) is 0 Å². The summed E-state index contributed by atoms with van der Waals surface area (Å²) in [7, 11) is 2.17. The maximum Gasteiger partial charge on any atom is 0.228 e. The Morgan fingerprint density at radius 2 is 1.64 bits per heavy atom. The smallest absolute Gasteiger partial charge is 0.228 e. The number of fused-ring (bicyclic) bond motifs is 5. The minimum atomic E-state index is 0.210. The van der Waals surface area contributed by atoms with Crippen LogP contribution in [0, 0.1) is 19.3 Å². The zero-order valence-corrected chi connectivity index (χ0v) is 22.8. The lowest BCUT2D eigenvalue weighted by Gasteiger charge is -2.27. The number of rotatable bonds is 2. The lowest BCUT2D eigenvalue weighted by Crippen LogP contribution is -2.32. The molecule has 0 amide bonds. The van der Waals surface area contributed by atoms with Gasteiger partial charge in [-0.05, 0) is 70.3 Å². The molecule has 0 atom stereocenters. The highest BCUT2D eigenvalue weighted by Crippen LogP contribution is 2.53. The zero-order chi connectivity index (χ0) is 25.5. The van der Waals surface area contributed by atoms with Gasteiger partial charge in [-0.15, -0.1) is 0 Å². The Labute approximate surface area is 214 Å². The average Bonchev–Trinajstić information content (AvgIpc) is 2.80. The Morgan fingerprint density at radius 3 is 2.36 bits per heavy atom. The molecule has 6 rings (SSSR count). The number of ether oxygens (including phenoxy) is 1. The molecule has 0 saturated heterocycles. The zero-order valence-electron chi connectivity index (χ0n) is 22.8. The molecule has 1 aliphatic rings. The summed E-state index contributed by atoms with van der Waals surface area (Å²) in [5.41, 5.74) is 7.98. The number of aromatic nitrogens is 1. The first-order valence-electron chi connectivity index (χ1n) is 13.2. The van der Waals surface area contributed by atoms with Gasteiger partial charge in [0.25, 0.3) is 0 Å². The van der Waals surface area contributed by atoms with Crippen LogP contribution in [0.15, 0.2) is 54.7 Å². The monoisotopic (exact) mass is 474 g/mol. The largest absolute Gasteiger partial charge is 0.455 e. The number of nitrogens with zero attached hydrogens (tertiary/aromatic N) is 1. The summed E-state index contributed by atoms with van der Waals surface area (Å²) < 4.78 is 9.28. The van der Waals surface area contributed by atoms with Crippen molar-refractivity contribution in [3.05, 3.63) is 77.0 Å². The van der Waals surface area contributed by atoms with Gasteiger partial charge in [-0.25, -0.2) is 4.57 Å². The first-order valence-corrected chi connectivity index (χ1v) is 13.2. The third-order valence-electron chi connectivity index (χ3n) is 7.79. The van der Waals surface area contributed by atoms with E-state index in [0.717, 1.165) is 17.9 Å². The van der Waals surface area contributed by atoms with E-state index in [1.807, 2.05) is 0 Å². The maximum atomic E-state index is 7.00. The normalized spacial score (nSPS) is 13.0. The topological polar surface area (TPSA) is 13.1 Å². The minimum Gasteiger partial charge on any atom is -0.455 e. The van der Waals surface area contributed by atoms with Crippen molar-refractivity contribution in [1.82, 2.24) is 0 Å². The van der Waals surface area contributed by atoms with E-state index in [1.54, 1.807) is 0 Å². The second-order valence-corrected chi connectivity index (χ2v) is 12.2. The fraction of sp³-hybridized carbons (Fsp3) is 0.324. The molecular formula is C34H36NO+. The molecule has 36 heavy (non-hydrogen) atoms. The SMILES string of the molecule is Cc1ccc2c(C(C)C)c3c(c(C)c2c1)-c1c2c(cc4c(CC(C)(C)C)cccc4c2cc[n+]1C)O3. The van der Waals surface area contributed by atoms with Crippen molar-refractivity contribution in [2.24, 2.45) is 12.5 Å². The van der Waals surface area contributed by atoms with E-state index >= 15 is 0 Å². The van der Waals surface area contributed by atoms with Crippen LogP contribution in [0.4, 0.5) is 0 Å². The van der Waals surface area contributed by atoms with E-state index in [2.05, 4.69) is 115 Å². The Bertz CT molecular complexity index is 1720. The first-order chi connectivity index (χ1) is 17.0. The van der Waals surface area contributed by atoms with Crippen molar-refractivity contribution in [2.45, 2.75) is 60.8 Å². The number of aryl methyl sites for hydroxylation is 3. The van der Waals surface area contributed by atoms with Gasteiger partial charge in [-0.2, -0.15) is 0 Å². The van der Waals surface area contributed by atoms with E-state index in [9.17, 15) is 0 Å². The molecule has 0 fully saturated rings. The van der Waals surface area contributed by atoms with E-state index in [-0.39, 0.29) is 5.41 Å². The highest BCUT2D eigenvalue weighted by atomic mass is 16.5. The molecule has 4 aromatic carbocycles. The van der Waals surface area contributed by atoms with Crippen LogP contribution in [0.3, 0.4) is 0 Å². The van der Waals surface area contributed by atoms with Gasteiger partial charge in [0.05, 0.1) is 10.9 Å². The Kier molecular flexibility index (Phi) is 4.99. The molecule has 0 aliphatic carbocycles. The van der Waals surface area contributed by atoms with Gasteiger partial charge < -0.3 is 4.74 Å². The lowest BCUT2D eigenvalue weighted by atomic mass is 9.83. The third-order valence-corrected chi connectivity index (χ3v) is 7.79. The molecular weight excluding hydrogens is 438 g/mol. The van der Waals surface area contributed by atoms with Crippen LogP contribution >= 0.6 is 0 Å². The van der Waals surface area contributed by atoms with Crippen LogP contribution in [0.25, 0.3) is 43.6 Å². The van der Waals surface area contributed by atoms with Crippen molar-refractivity contribution >= 4 is 32.3 Å². The predicted octanol–water partition coefficient (Wildman–Crippen LogP) is 9.07. The summed E-state index contributed by atoms with van der Waals surface area (Å²) in [4.78, 5) is 0. The molecule has 0 saturated carbocycles. The predicted molar refractivity (Wildman–Crippen MR) is 152 cm³/mol. The van der Waals surface area contributed by atoms with Crippen molar-refractivity contribution < 1.29 is 9.30 Å². The van der Waals surface area contributed by atoms with E-state index < -0.39 is 0 Å². The molecule has 2 nitrogen and oxygen atoms in total. The molecule has 182 valence electrons. The number of benzene rings is 4. The molecule has 0 bridgehead atoms. The quantitative estimate of drug-likeness (QED) is 0.180. The lowest BCUT2D eigenvalue weighted by molar-refractivity contribution is -0.659. The standard InChI is InChI=1S/C34H36NO/c1-19(2)29-24-13-12-20(3)16-26(24)21(4)30-32-31-25(14-15-35(32)8)23-11-9-10-22(18-34(5,6)7)27(23)17-28(31)36-33(29)30/h9-17,19H,18H2,1-8H3/q+1. The number of hydrogen-bond acceptors (Lipinski definition) is 1. The van der Waals surface area contributed by atoms with Crippen molar-refractivity contribution in [3.63, 3.8) is 0 Å². The average molecular weight is 475 g/mol. The molecule has 0 radical (unpaired) electrons. The van der Waals surface area contributed by atoms with Crippen LogP contribution in [0.5, 0.6) is 11.5 Å². The van der Waals surface area contributed by atoms with Gasteiger partial charge in [-0.3, -0.25) is 0 Å². The number of hydrogen-bond donors (Lipinski definition) is 0. The molecule has 5 aromatic rings. The Hall–Kier alpha value is -3.39. The molecule has 0 spiro atoms. The van der Waals surface area contributed by atoms with Crippen molar-refractivity contribution in [1.29, 1.82) is 0 Å². The van der Waals surface area contributed by atoms with E-state index in [4.69, 9.17) is 4.74 Å². The molecule has 1 aliphatic heterocycles. The van der Waals surface area contributed by atoms with E-state index in [1.165, 1.54) is 65.8 Å². The summed E-state index contributed by atoms with van der Waals surface area (Å²) in [5, 5.41) is 7.74. The maximum absolute atomic E-state index is 7.00. The molecule has 1 aromatic heterocycles. The molecule has 2 heterocycles. The van der Waals surface area contributed by atoms with Gasteiger partial charge in [0.1, 0.15) is 18.5 Å². The first kappa shape index (κ1) is 23.0.